The summed E-state index contributed by atoms with van der Waals surface area (Å²) in [7, 11) is 1.27. The van der Waals surface area contributed by atoms with Gasteiger partial charge in [0, 0.05) is 36.6 Å². The number of hydrogen-bond donors (Lipinski definition) is 2. The number of allylic oxidation sites excluding steroid dienone is 4. The molecule has 4 aliphatic rings. The quantitative estimate of drug-likeness (QED) is 0.0404. The first-order chi connectivity index (χ1) is 32.0. The number of carbonyl (C=O) groups excluding carboxylic acids is 3. The molecule has 6 heterocycles. The fourth-order valence-electron chi connectivity index (χ4n) is 9.84. The SMILES string of the molecule is C=Cc1c2[n-]c(c1C)/C=C1\[N-]/C(=C3\c4[n-]c(c(C)c4C(=O)[C@@H]3C(=O)OC)/C=c3\[n-]/c(c(C)c3CC)=C\2)[C@@H](CCC(=O)OC/C=C(\C)C/C(N)=C/[C@H](CO)CCC[C@H](C)/C=C/C[C@@]2(C)CO2)[C@@H]1C.[Mg+2]. The molecular weight excluding hydrogens is 867 g/mol. The molecule has 1 aliphatic carbocycles. The Morgan fingerprint density at radius 2 is 1.78 bits per heavy atom. The molecule has 3 aromatic rings. The number of nitrogens with two attached hydrogens (primary N) is 1. The van der Waals surface area contributed by atoms with Gasteiger partial charge in [0.15, 0.2) is 5.78 Å². The fourth-order valence-corrected chi connectivity index (χ4v) is 9.84. The minimum atomic E-state index is -1.26. The second-order valence-corrected chi connectivity index (χ2v) is 19.2. The summed E-state index contributed by atoms with van der Waals surface area (Å²) in [6.07, 6.45) is 21.4. The molecule has 13 heteroatoms. The van der Waals surface area contributed by atoms with Gasteiger partial charge in [0.05, 0.1) is 19.3 Å². The molecule has 358 valence electrons. The second-order valence-electron chi connectivity index (χ2n) is 19.2. The van der Waals surface area contributed by atoms with E-state index in [2.05, 4.69) is 46.4 Å². The normalized spacial score (nSPS) is 24.5. The molecule has 2 fully saturated rings. The van der Waals surface area contributed by atoms with Gasteiger partial charge in [-0.1, -0.05) is 110 Å². The number of rotatable bonds is 19. The first-order valence-electron chi connectivity index (χ1n) is 23.8. The standard InChI is InChI=1S/C55H68N5O7.Mg/c1-11-38-32(5)41-25-43-34(7)40(18-19-47(62)66-22-20-31(4)23-37(56)24-36(28-61)17-13-15-30(3)16-14-21-55(9)29-67-55)51(59-43)49-50(54(64)65-10)53(63)48-35(8)44(60-52(48)49)27-46-39(12-2)33(6)42(58-46)26-45(38)57-41;/h11,14,16,20,24-27,30,34,36,40,50,61H,1,12-13,15,17-19,21-23,28-29,56H2,2-10H3,(H-,59,60,63);/q-3;+2/p-1/b16-14+,31-20+,37-24-,42-26-,43-25-,46-27-;/t30-,34-,36+,40-,50+,55-;/m0./s1. The third-order valence-electron chi connectivity index (χ3n) is 14.1. The van der Waals surface area contributed by atoms with E-state index in [4.69, 9.17) is 40.2 Å². The Morgan fingerprint density at radius 1 is 1.06 bits per heavy atom. The maximum Gasteiger partial charge on any atom is 2.00 e. The number of epoxide rings is 1. The zero-order valence-electron chi connectivity index (χ0n) is 41.5. The fraction of sp³-hybridized carbons (Fsp3) is 0.473. The van der Waals surface area contributed by atoms with E-state index in [9.17, 15) is 19.5 Å². The number of aromatic nitrogens is 3. The number of fused-ring (bicyclic) bond motifs is 7. The zero-order chi connectivity index (χ0) is 48.3. The Bertz CT molecular complexity index is 2720. The van der Waals surface area contributed by atoms with Crippen molar-refractivity contribution in [2.75, 3.05) is 26.9 Å². The zero-order valence-corrected chi connectivity index (χ0v) is 42.9. The summed E-state index contributed by atoms with van der Waals surface area (Å²) in [4.78, 5) is 56.6. The summed E-state index contributed by atoms with van der Waals surface area (Å²) in [5, 5.41) is 16.8. The first-order valence-corrected chi connectivity index (χ1v) is 23.8. The number of carbonyl (C=O) groups is 3. The summed E-state index contributed by atoms with van der Waals surface area (Å²) in [6, 6.07) is 0. The van der Waals surface area contributed by atoms with E-state index in [1.807, 2.05) is 64.2 Å². The molecule has 12 nitrogen and oxygen atoms in total. The Kier molecular flexibility index (Phi) is 17.0. The van der Waals surface area contributed by atoms with E-state index >= 15 is 0 Å². The predicted octanol–water partition coefficient (Wildman–Crippen LogP) is 7.31. The Labute approximate surface area is 417 Å². The molecule has 0 aromatic carbocycles. The maximum absolute atomic E-state index is 14.4. The van der Waals surface area contributed by atoms with Crippen molar-refractivity contribution in [2.45, 2.75) is 112 Å². The summed E-state index contributed by atoms with van der Waals surface area (Å²) >= 11 is 0. The molecule has 0 radical (unpaired) electrons. The first kappa shape index (κ1) is 52.3. The molecule has 3 N–H and O–H groups in total. The van der Waals surface area contributed by atoms with Gasteiger partial charge in [-0.3, -0.25) is 14.4 Å². The van der Waals surface area contributed by atoms with Crippen LogP contribution < -0.4 is 31.4 Å². The van der Waals surface area contributed by atoms with E-state index in [1.54, 1.807) is 0 Å². The smallest absolute Gasteiger partial charge is 0.664 e. The Hall–Kier alpha value is -5.08. The van der Waals surface area contributed by atoms with Gasteiger partial charge in [0.2, 0.25) is 0 Å². The monoisotopic (exact) mass is 933 g/mol. The number of aliphatic hydroxyl groups is 1. The van der Waals surface area contributed by atoms with E-state index < -0.39 is 11.9 Å². The van der Waals surface area contributed by atoms with Crippen LogP contribution >= 0.6 is 0 Å². The molecule has 3 aromatic heterocycles. The Morgan fingerprint density at radius 3 is 2.46 bits per heavy atom. The summed E-state index contributed by atoms with van der Waals surface area (Å²) in [5.74, 6) is -2.90. The number of methoxy groups -OCH3 is 1. The maximum atomic E-state index is 14.4. The van der Waals surface area contributed by atoms with Crippen LogP contribution in [0.2, 0.25) is 0 Å². The Balaban J connectivity index is 0.00000761. The molecule has 8 bridgehead atoms. The summed E-state index contributed by atoms with van der Waals surface area (Å²) < 4.78 is 16.5. The van der Waals surface area contributed by atoms with Crippen LogP contribution in [0.25, 0.3) is 35.2 Å². The van der Waals surface area contributed by atoms with Crippen LogP contribution in [0, 0.1) is 50.4 Å². The number of hydrogen-bond acceptors (Lipinski definition) is 8. The third kappa shape index (κ3) is 11.2. The number of Topliss-reactive ketones (excluding diaryl/α,β-unsaturated/α-hetero) is 1. The summed E-state index contributed by atoms with van der Waals surface area (Å²) in [5.41, 5.74) is 17.2. The topological polar surface area (TPSA) is 185 Å². The molecule has 0 unspecified atom stereocenters. The van der Waals surface area contributed by atoms with Gasteiger partial charge in [-0.2, -0.15) is 11.4 Å². The van der Waals surface area contributed by atoms with Crippen LogP contribution in [0.4, 0.5) is 0 Å². The van der Waals surface area contributed by atoms with Gasteiger partial charge in [-0.25, -0.2) is 0 Å². The van der Waals surface area contributed by atoms with Crippen molar-refractivity contribution in [3.63, 3.8) is 0 Å². The van der Waals surface area contributed by atoms with Gasteiger partial charge in [0.25, 0.3) is 0 Å². The van der Waals surface area contributed by atoms with Crippen molar-refractivity contribution in [1.29, 1.82) is 0 Å². The number of esters is 2. The largest absolute Gasteiger partial charge is 2.00 e. The van der Waals surface area contributed by atoms with Gasteiger partial charge < -0.3 is 45.3 Å². The van der Waals surface area contributed by atoms with Crippen LogP contribution in [0.5, 0.6) is 0 Å². The van der Waals surface area contributed by atoms with E-state index in [0.29, 0.717) is 63.9 Å². The average Bonchev–Trinajstić information content (AvgIpc) is 3.48. The molecule has 6 atom stereocenters. The van der Waals surface area contributed by atoms with Gasteiger partial charge in [-0.15, -0.1) is 33.5 Å². The van der Waals surface area contributed by atoms with Crippen LogP contribution in [0.15, 0.2) is 53.5 Å². The predicted molar refractivity (Wildman–Crippen MR) is 268 cm³/mol. The van der Waals surface area contributed by atoms with Gasteiger partial charge in [0.1, 0.15) is 12.5 Å². The number of ketones is 1. The number of aliphatic hydroxyl groups excluding tert-OH is 1. The molecule has 0 amide bonds. The van der Waals surface area contributed by atoms with Crippen molar-refractivity contribution in [3.8, 4) is 0 Å². The molecule has 0 saturated carbocycles. The molecule has 68 heavy (non-hydrogen) atoms. The van der Waals surface area contributed by atoms with Crippen molar-refractivity contribution in [3.05, 3.63) is 126 Å². The minimum absolute atomic E-state index is 0. The van der Waals surface area contributed by atoms with E-state index in [1.165, 1.54) is 7.11 Å². The molecule has 2 saturated heterocycles. The summed E-state index contributed by atoms with van der Waals surface area (Å²) in [6.45, 7) is 21.4. The van der Waals surface area contributed by atoms with E-state index in [0.717, 1.165) is 88.6 Å². The third-order valence-corrected chi connectivity index (χ3v) is 14.1. The number of ether oxygens (including phenoxy) is 3. The molecule has 7 rings (SSSR count). The van der Waals surface area contributed by atoms with Crippen molar-refractivity contribution in [2.24, 2.45) is 35.3 Å². The van der Waals surface area contributed by atoms with Crippen molar-refractivity contribution in [1.82, 2.24) is 15.0 Å². The van der Waals surface area contributed by atoms with Crippen LogP contribution in [-0.4, -0.2) is 78.4 Å². The van der Waals surface area contributed by atoms with Crippen LogP contribution in [0.1, 0.15) is 141 Å². The molecular formula is C55H67MgN5O7-2. The molecule has 3 aliphatic heterocycles. The minimum Gasteiger partial charge on any atom is -0.664 e. The van der Waals surface area contributed by atoms with Crippen molar-refractivity contribution >= 4 is 70.7 Å². The van der Waals surface area contributed by atoms with E-state index in [-0.39, 0.29) is 77.8 Å². The second kappa shape index (κ2) is 22.1. The van der Waals surface area contributed by atoms with Crippen molar-refractivity contribution < 1.29 is 33.7 Å². The number of nitrogens with zero attached hydrogens (tertiary/aromatic N) is 4. The van der Waals surface area contributed by atoms with Gasteiger partial charge >= 0.3 is 35.0 Å². The van der Waals surface area contributed by atoms with Crippen LogP contribution in [-0.2, 0) is 30.2 Å². The molecule has 0 spiro atoms. The van der Waals surface area contributed by atoms with Gasteiger partial charge in [-0.05, 0) is 96.1 Å². The van der Waals surface area contributed by atoms with Crippen LogP contribution in [0.3, 0.4) is 0 Å². The average molecular weight is 934 g/mol.